The molecule has 104 valence electrons. The highest BCUT2D eigenvalue weighted by Crippen LogP contribution is 2.28. The Morgan fingerprint density at radius 3 is 2.68 bits per heavy atom. The van der Waals surface area contributed by atoms with Gasteiger partial charge in [0, 0.05) is 6.04 Å². The lowest BCUT2D eigenvalue weighted by molar-refractivity contribution is -0.116. The van der Waals surface area contributed by atoms with Crippen LogP contribution in [-0.4, -0.2) is 28.6 Å². The van der Waals surface area contributed by atoms with Gasteiger partial charge in [-0.15, -0.1) is 0 Å². The molecular weight excluding hydrogens is 242 g/mol. The number of amides is 1. The molecule has 0 aliphatic heterocycles. The van der Waals surface area contributed by atoms with E-state index in [9.17, 15) is 9.90 Å². The fourth-order valence-corrected chi connectivity index (χ4v) is 2.63. The van der Waals surface area contributed by atoms with Crippen molar-refractivity contribution in [3.63, 3.8) is 0 Å². The van der Waals surface area contributed by atoms with Crippen molar-refractivity contribution in [3.05, 3.63) is 24.0 Å². The van der Waals surface area contributed by atoms with E-state index in [4.69, 9.17) is 5.73 Å². The summed E-state index contributed by atoms with van der Waals surface area (Å²) in [5, 5.41) is 9.46. The standard InChI is InChI=1S/C14H21N3O2/c1-10(18)13-7-6-12(8-16-13)17(9-14(15)19)11-4-2-3-5-11/h6-8,10-11,18H,2-5,9H2,1H3,(H2,15,19). The number of carbonyl (C=O) groups is 1. The first kappa shape index (κ1) is 13.8. The van der Waals surface area contributed by atoms with Crippen molar-refractivity contribution in [1.82, 2.24) is 4.98 Å². The second-order valence-electron chi connectivity index (χ2n) is 5.15. The van der Waals surface area contributed by atoms with Gasteiger partial charge in [0.05, 0.1) is 30.2 Å². The van der Waals surface area contributed by atoms with Crippen LogP contribution in [0.4, 0.5) is 5.69 Å². The summed E-state index contributed by atoms with van der Waals surface area (Å²) in [4.78, 5) is 17.5. The third kappa shape index (κ3) is 3.44. The first-order valence-electron chi connectivity index (χ1n) is 6.77. The Morgan fingerprint density at radius 2 is 2.21 bits per heavy atom. The number of primary amides is 1. The molecule has 5 nitrogen and oxygen atoms in total. The average molecular weight is 263 g/mol. The molecule has 1 fully saturated rings. The van der Waals surface area contributed by atoms with E-state index in [1.807, 2.05) is 11.0 Å². The molecular formula is C14H21N3O2. The van der Waals surface area contributed by atoms with Crippen molar-refractivity contribution >= 4 is 11.6 Å². The monoisotopic (exact) mass is 263 g/mol. The zero-order valence-corrected chi connectivity index (χ0v) is 11.2. The smallest absolute Gasteiger partial charge is 0.236 e. The molecule has 1 atom stereocenters. The molecule has 0 spiro atoms. The largest absolute Gasteiger partial charge is 0.387 e. The van der Waals surface area contributed by atoms with E-state index in [2.05, 4.69) is 4.98 Å². The SMILES string of the molecule is CC(O)c1ccc(N(CC(N)=O)C2CCCC2)cn1. The van der Waals surface area contributed by atoms with Crippen LogP contribution in [0.3, 0.4) is 0 Å². The van der Waals surface area contributed by atoms with Crippen LogP contribution in [0.1, 0.15) is 44.4 Å². The first-order valence-corrected chi connectivity index (χ1v) is 6.77. The van der Waals surface area contributed by atoms with Crippen molar-refractivity contribution in [2.75, 3.05) is 11.4 Å². The third-order valence-electron chi connectivity index (χ3n) is 3.62. The Bertz CT molecular complexity index is 425. The van der Waals surface area contributed by atoms with Crippen LogP contribution in [0.25, 0.3) is 0 Å². The fourth-order valence-electron chi connectivity index (χ4n) is 2.63. The lowest BCUT2D eigenvalue weighted by atomic mass is 10.1. The van der Waals surface area contributed by atoms with E-state index in [1.165, 1.54) is 12.8 Å². The Kier molecular flexibility index (Phi) is 4.37. The van der Waals surface area contributed by atoms with Crippen molar-refractivity contribution in [3.8, 4) is 0 Å². The number of pyridine rings is 1. The number of hydrogen-bond donors (Lipinski definition) is 2. The Labute approximate surface area is 113 Å². The van der Waals surface area contributed by atoms with E-state index in [1.54, 1.807) is 19.2 Å². The van der Waals surface area contributed by atoms with Crippen molar-refractivity contribution in [2.24, 2.45) is 5.73 Å². The first-order chi connectivity index (χ1) is 9.08. The van der Waals surface area contributed by atoms with E-state index < -0.39 is 6.10 Å². The number of nitrogens with two attached hydrogens (primary N) is 1. The van der Waals surface area contributed by atoms with E-state index in [0.717, 1.165) is 18.5 Å². The second kappa shape index (κ2) is 6.02. The molecule has 3 N–H and O–H groups in total. The van der Waals surface area contributed by atoms with Gasteiger partial charge in [-0.2, -0.15) is 0 Å². The molecule has 1 aromatic heterocycles. The molecule has 1 saturated carbocycles. The van der Waals surface area contributed by atoms with Gasteiger partial charge in [-0.1, -0.05) is 12.8 Å². The molecule has 19 heavy (non-hydrogen) atoms. The molecule has 0 aromatic carbocycles. The molecule has 1 aliphatic carbocycles. The lowest BCUT2D eigenvalue weighted by Gasteiger charge is -2.29. The molecule has 1 aliphatic rings. The molecule has 5 heteroatoms. The molecule has 1 heterocycles. The van der Waals surface area contributed by atoms with Gasteiger partial charge < -0.3 is 15.7 Å². The quantitative estimate of drug-likeness (QED) is 0.841. The van der Waals surface area contributed by atoms with Crippen molar-refractivity contribution < 1.29 is 9.90 Å². The third-order valence-corrected chi connectivity index (χ3v) is 3.62. The van der Waals surface area contributed by atoms with E-state index in [0.29, 0.717) is 11.7 Å². The summed E-state index contributed by atoms with van der Waals surface area (Å²) in [5.74, 6) is -0.327. The van der Waals surface area contributed by atoms with Crippen molar-refractivity contribution in [1.29, 1.82) is 0 Å². The minimum Gasteiger partial charge on any atom is -0.387 e. The summed E-state index contributed by atoms with van der Waals surface area (Å²) in [6.45, 7) is 1.90. The van der Waals surface area contributed by atoms with Crippen LogP contribution in [0, 0.1) is 0 Å². The van der Waals surface area contributed by atoms with Crippen LogP contribution >= 0.6 is 0 Å². The second-order valence-corrected chi connectivity index (χ2v) is 5.15. The highest BCUT2D eigenvalue weighted by Gasteiger charge is 2.24. The minimum absolute atomic E-state index is 0.223. The van der Waals surface area contributed by atoms with Crippen LogP contribution in [0.5, 0.6) is 0 Å². The van der Waals surface area contributed by atoms with Gasteiger partial charge in [-0.25, -0.2) is 0 Å². The Hall–Kier alpha value is -1.62. The van der Waals surface area contributed by atoms with Gasteiger partial charge in [-0.3, -0.25) is 9.78 Å². The fraction of sp³-hybridized carbons (Fsp3) is 0.571. The summed E-state index contributed by atoms with van der Waals surface area (Å²) in [6.07, 6.45) is 5.70. The molecule has 0 radical (unpaired) electrons. The Morgan fingerprint density at radius 1 is 1.53 bits per heavy atom. The number of aliphatic hydroxyl groups excluding tert-OH is 1. The topological polar surface area (TPSA) is 79.5 Å². The van der Waals surface area contributed by atoms with Gasteiger partial charge >= 0.3 is 0 Å². The molecule has 0 saturated heterocycles. The van der Waals surface area contributed by atoms with Gasteiger partial charge in [0.2, 0.25) is 5.91 Å². The summed E-state index contributed by atoms with van der Waals surface area (Å²) in [7, 11) is 0. The molecule has 2 rings (SSSR count). The van der Waals surface area contributed by atoms with Crippen LogP contribution in [0.2, 0.25) is 0 Å². The van der Waals surface area contributed by atoms with E-state index in [-0.39, 0.29) is 12.5 Å². The van der Waals surface area contributed by atoms with Crippen molar-refractivity contribution in [2.45, 2.75) is 44.8 Å². The molecule has 1 aromatic rings. The van der Waals surface area contributed by atoms with Crippen LogP contribution in [-0.2, 0) is 4.79 Å². The number of anilines is 1. The summed E-state index contributed by atoms with van der Waals surface area (Å²) >= 11 is 0. The van der Waals surface area contributed by atoms with Crippen LogP contribution in [0.15, 0.2) is 18.3 Å². The number of aliphatic hydroxyl groups is 1. The predicted molar refractivity (Wildman–Crippen MR) is 73.7 cm³/mol. The summed E-state index contributed by atoms with van der Waals surface area (Å²) in [6, 6.07) is 4.06. The zero-order valence-electron chi connectivity index (χ0n) is 11.2. The van der Waals surface area contributed by atoms with Gasteiger partial charge in [-0.05, 0) is 31.9 Å². The summed E-state index contributed by atoms with van der Waals surface area (Å²) in [5.41, 5.74) is 6.87. The number of hydrogen-bond acceptors (Lipinski definition) is 4. The maximum absolute atomic E-state index is 11.2. The zero-order chi connectivity index (χ0) is 13.8. The van der Waals surface area contributed by atoms with Gasteiger partial charge in [0.1, 0.15) is 0 Å². The maximum atomic E-state index is 11.2. The molecule has 1 unspecified atom stereocenters. The summed E-state index contributed by atoms with van der Waals surface area (Å²) < 4.78 is 0. The van der Waals surface area contributed by atoms with Gasteiger partial charge in [0.15, 0.2) is 0 Å². The molecule has 1 amide bonds. The highest BCUT2D eigenvalue weighted by molar-refractivity contribution is 5.79. The minimum atomic E-state index is -0.579. The number of aromatic nitrogens is 1. The predicted octanol–water partition coefficient (Wildman–Crippen LogP) is 1.37. The normalized spacial score (nSPS) is 17.4. The lowest BCUT2D eigenvalue weighted by Crippen LogP contribution is -2.40. The number of carbonyl (C=O) groups excluding carboxylic acids is 1. The highest BCUT2D eigenvalue weighted by atomic mass is 16.3. The maximum Gasteiger partial charge on any atom is 0.236 e. The molecule has 0 bridgehead atoms. The van der Waals surface area contributed by atoms with Crippen LogP contribution < -0.4 is 10.6 Å². The average Bonchev–Trinajstić information content (AvgIpc) is 2.89. The van der Waals surface area contributed by atoms with E-state index >= 15 is 0 Å². The number of rotatable bonds is 5. The Balaban J connectivity index is 2.19. The van der Waals surface area contributed by atoms with Gasteiger partial charge in [0.25, 0.3) is 0 Å². The number of nitrogens with zero attached hydrogens (tertiary/aromatic N) is 2.